The average Bonchev–Trinajstić information content (AvgIpc) is 3.10. The zero-order valence-corrected chi connectivity index (χ0v) is 16.4. The molecule has 1 amide bonds. The SMILES string of the molecule is O=C(NCCCc1nc2ccccc2n1Cc1ccccc1)C1CCCCC1. The van der Waals surface area contributed by atoms with E-state index in [4.69, 9.17) is 4.98 Å². The first-order chi connectivity index (χ1) is 13.8. The van der Waals surface area contributed by atoms with Crippen molar-refractivity contribution in [1.29, 1.82) is 0 Å². The molecule has 4 nitrogen and oxygen atoms in total. The van der Waals surface area contributed by atoms with E-state index in [9.17, 15) is 4.79 Å². The average molecular weight is 376 g/mol. The van der Waals surface area contributed by atoms with Crippen LogP contribution in [0.4, 0.5) is 0 Å². The lowest BCUT2D eigenvalue weighted by Gasteiger charge is -2.20. The quantitative estimate of drug-likeness (QED) is 0.608. The second kappa shape index (κ2) is 9.05. The van der Waals surface area contributed by atoms with Gasteiger partial charge >= 0.3 is 0 Å². The van der Waals surface area contributed by atoms with Gasteiger partial charge in [0.25, 0.3) is 0 Å². The van der Waals surface area contributed by atoms with Gasteiger partial charge in [0.15, 0.2) is 0 Å². The molecule has 1 heterocycles. The van der Waals surface area contributed by atoms with Crippen molar-refractivity contribution < 1.29 is 4.79 Å². The first kappa shape index (κ1) is 18.7. The second-order valence-corrected chi connectivity index (χ2v) is 7.82. The number of amides is 1. The first-order valence-corrected chi connectivity index (χ1v) is 10.6. The van der Waals surface area contributed by atoms with Gasteiger partial charge in [0.1, 0.15) is 5.82 Å². The van der Waals surface area contributed by atoms with Crippen LogP contribution in [-0.2, 0) is 17.8 Å². The van der Waals surface area contributed by atoms with E-state index in [0.717, 1.165) is 50.1 Å². The molecular weight excluding hydrogens is 346 g/mol. The Hall–Kier alpha value is -2.62. The lowest BCUT2D eigenvalue weighted by molar-refractivity contribution is -0.125. The maximum absolute atomic E-state index is 12.3. The van der Waals surface area contributed by atoms with E-state index in [2.05, 4.69) is 52.3 Å². The topological polar surface area (TPSA) is 46.9 Å². The van der Waals surface area contributed by atoms with Gasteiger partial charge in [-0.15, -0.1) is 0 Å². The molecule has 146 valence electrons. The molecule has 1 fully saturated rings. The van der Waals surface area contributed by atoms with Crippen LogP contribution in [0.25, 0.3) is 11.0 Å². The Labute approximate surface area is 167 Å². The fourth-order valence-electron chi connectivity index (χ4n) is 4.23. The van der Waals surface area contributed by atoms with Crippen molar-refractivity contribution in [3.8, 4) is 0 Å². The second-order valence-electron chi connectivity index (χ2n) is 7.82. The Balaban J connectivity index is 1.40. The number of carbonyl (C=O) groups excluding carboxylic acids is 1. The third-order valence-corrected chi connectivity index (χ3v) is 5.77. The highest BCUT2D eigenvalue weighted by molar-refractivity contribution is 5.78. The Bertz CT molecular complexity index is 910. The third-order valence-electron chi connectivity index (χ3n) is 5.77. The lowest BCUT2D eigenvalue weighted by atomic mass is 9.89. The van der Waals surface area contributed by atoms with E-state index < -0.39 is 0 Å². The minimum atomic E-state index is 0.233. The smallest absolute Gasteiger partial charge is 0.223 e. The molecule has 1 aliphatic carbocycles. The molecule has 0 aliphatic heterocycles. The highest BCUT2D eigenvalue weighted by Gasteiger charge is 2.20. The van der Waals surface area contributed by atoms with Crippen molar-refractivity contribution in [3.63, 3.8) is 0 Å². The van der Waals surface area contributed by atoms with Crippen molar-refractivity contribution in [2.24, 2.45) is 5.92 Å². The number of hydrogen-bond donors (Lipinski definition) is 1. The van der Waals surface area contributed by atoms with Crippen LogP contribution in [0, 0.1) is 5.92 Å². The molecule has 0 radical (unpaired) electrons. The predicted molar refractivity (Wildman–Crippen MR) is 113 cm³/mol. The van der Waals surface area contributed by atoms with Crippen molar-refractivity contribution in [2.45, 2.75) is 51.5 Å². The monoisotopic (exact) mass is 375 g/mol. The summed E-state index contributed by atoms with van der Waals surface area (Å²) in [7, 11) is 0. The predicted octanol–water partition coefficient (Wildman–Crippen LogP) is 4.71. The summed E-state index contributed by atoms with van der Waals surface area (Å²) in [6.45, 7) is 1.55. The Morgan fingerprint density at radius 3 is 2.57 bits per heavy atom. The molecule has 1 aliphatic rings. The van der Waals surface area contributed by atoms with E-state index in [-0.39, 0.29) is 11.8 Å². The van der Waals surface area contributed by atoms with Crippen LogP contribution in [0.1, 0.15) is 49.9 Å². The molecule has 1 saturated carbocycles. The number of nitrogens with one attached hydrogen (secondary N) is 1. The molecule has 0 bridgehead atoms. The summed E-state index contributed by atoms with van der Waals surface area (Å²) in [4.78, 5) is 17.2. The molecule has 0 saturated heterocycles. The van der Waals surface area contributed by atoms with Crippen LogP contribution < -0.4 is 5.32 Å². The van der Waals surface area contributed by atoms with Gasteiger partial charge < -0.3 is 9.88 Å². The van der Waals surface area contributed by atoms with E-state index in [1.54, 1.807) is 0 Å². The van der Waals surface area contributed by atoms with Gasteiger partial charge in [-0.1, -0.05) is 61.7 Å². The standard InChI is InChI=1S/C24H29N3O/c28-24(20-12-5-2-6-13-20)25-17-9-16-23-26-21-14-7-8-15-22(21)27(23)18-19-10-3-1-4-11-19/h1,3-4,7-8,10-11,14-15,20H,2,5-6,9,12-13,16-18H2,(H,25,28). The van der Waals surface area contributed by atoms with Gasteiger partial charge in [-0.25, -0.2) is 4.98 Å². The molecule has 28 heavy (non-hydrogen) atoms. The van der Waals surface area contributed by atoms with Gasteiger partial charge in [-0.05, 0) is 37.0 Å². The molecule has 0 unspecified atom stereocenters. The van der Waals surface area contributed by atoms with Crippen LogP contribution in [0.15, 0.2) is 54.6 Å². The van der Waals surface area contributed by atoms with Crippen molar-refractivity contribution in [2.75, 3.05) is 6.54 Å². The highest BCUT2D eigenvalue weighted by atomic mass is 16.1. The number of nitrogens with zero attached hydrogens (tertiary/aromatic N) is 2. The zero-order valence-electron chi connectivity index (χ0n) is 16.4. The molecule has 1 aromatic heterocycles. The number of aromatic nitrogens is 2. The summed E-state index contributed by atoms with van der Waals surface area (Å²) >= 11 is 0. The highest BCUT2D eigenvalue weighted by Crippen LogP contribution is 2.23. The number of benzene rings is 2. The molecule has 0 atom stereocenters. The fourth-order valence-corrected chi connectivity index (χ4v) is 4.23. The zero-order chi connectivity index (χ0) is 19.2. The number of carbonyl (C=O) groups is 1. The normalized spacial score (nSPS) is 15.0. The summed E-state index contributed by atoms with van der Waals surface area (Å²) in [5, 5.41) is 3.15. The van der Waals surface area contributed by atoms with Gasteiger partial charge in [0.05, 0.1) is 11.0 Å². The largest absolute Gasteiger partial charge is 0.356 e. The fraction of sp³-hybridized carbons (Fsp3) is 0.417. The summed E-state index contributed by atoms with van der Waals surface area (Å²) < 4.78 is 2.31. The van der Waals surface area contributed by atoms with Crippen LogP contribution in [-0.4, -0.2) is 22.0 Å². The number of imidazole rings is 1. The first-order valence-electron chi connectivity index (χ1n) is 10.6. The molecule has 3 aromatic rings. The van der Waals surface area contributed by atoms with Crippen molar-refractivity contribution >= 4 is 16.9 Å². The van der Waals surface area contributed by atoms with Crippen LogP contribution in [0.3, 0.4) is 0 Å². The van der Waals surface area contributed by atoms with Crippen molar-refractivity contribution in [1.82, 2.24) is 14.9 Å². The molecule has 4 heteroatoms. The minimum Gasteiger partial charge on any atom is -0.356 e. The van der Waals surface area contributed by atoms with Crippen LogP contribution >= 0.6 is 0 Å². The number of fused-ring (bicyclic) bond motifs is 1. The van der Waals surface area contributed by atoms with Gasteiger partial charge in [-0.2, -0.15) is 0 Å². The molecule has 1 N–H and O–H groups in total. The molecule has 2 aromatic carbocycles. The number of para-hydroxylation sites is 2. The number of aryl methyl sites for hydroxylation is 1. The summed E-state index contributed by atoms with van der Waals surface area (Å²) in [6, 6.07) is 18.8. The Morgan fingerprint density at radius 1 is 1.00 bits per heavy atom. The van der Waals surface area contributed by atoms with Crippen LogP contribution in [0.2, 0.25) is 0 Å². The maximum atomic E-state index is 12.3. The van der Waals surface area contributed by atoms with Crippen molar-refractivity contribution in [3.05, 3.63) is 66.0 Å². The van der Waals surface area contributed by atoms with Gasteiger partial charge in [-0.3, -0.25) is 4.79 Å². The summed E-state index contributed by atoms with van der Waals surface area (Å²) in [5.41, 5.74) is 3.49. The Kier molecular flexibility index (Phi) is 6.05. The van der Waals surface area contributed by atoms with E-state index >= 15 is 0 Å². The number of rotatable bonds is 7. The maximum Gasteiger partial charge on any atom is 0.223 e. The molecule has 0 spiro atoms. The van der Waals surface area contributed by atoms with E-state index in [0.29, 0.717) is 0 Å². The summed E-state index contributed by atoms with van der Waals surface area (Å²) in [6.07, 6.45) is 7.56. The Morgan fingerprint density at radius 2 is 1.75 bits per heavy atom. The van der Waals surface area contributed by atoms with E-state index in [1.165, 1.54) is 30.3 Å². The molecular formula is C24H29N3O. The van der Waals surface area contributed by atoms with Gasteiger partial charge in [0, 0.05) is 25.4 Å². The summed E-state index contributed by atoms with van der Waals surface area (Å²) in [5.74, 6) is 1.57. The lowest BCUT2D eigenvalue weighted by Crippen LogP contribution is -2.32. The van der Waals surface area contributed by atoms with Crippen LogP contribution in [0.5, 0.6) is 0 Å². The minimum absolute atomic E-state index is 0.233. The van der Waals surface area contributed by atoms with Gasteiger partial charge in [0.2, 0.25) is 5.91 Å². The van der Waals surface area contributed by atoms with E-state index in [1.807, 2.05) is 12.1 Å². The molecule has 4 rings (SSSR count). The third kappa shape index (κ3) is 4.44. The number of hydrogen-bond acceptors (Lipinski definition) is 2.